The molecule has 0 aliphatic carbocycles. The monoisotopic (exact) mass is 339 g/mol. The molecule has 0 aliphatic rings. The first-order valence-corrected chi connectivity index (χ1v) is 7.96. The van der Waals surface area contributed by atoms with Gasteiger partial charge in [-0.05, 0) is 0 Å². The molecule has 0 unspecified atom stereocenters. The second-order valence-corrected chi connectivity index (χ2v) is 6.96. The van der Waals surface area contributed by atoms with Gasteiger partial charge in [-0.1, -0.05) is 0 Å². The number of rotatable bonds is 1. The van der Waals surface area contributed by atoms with E-state index in [1.54, 1.807) is 0 Å². The number of fused-ring (bicyclic) bond motifs is 1. The van der Waals surface area contributed by atoms with Crippen molar-refractivity contribution in [3.63, 3.8) is 0 Å². The van der Waals surface area contributed by atoms with Crippen LogP contribution in [0, 0.1) is 11.6 Å². The molecular weight excluding hydrogens is 329 g/mol. The molecule has 18 heavy (non-hydrogen) atoms. The van der Waals surface area contributed by atoms with Gasteiger partial charge in [-0.15, -0.1) is 0 Å². The number of halogens is 1. The molecule has 0 N–H and O–H groups in total. The summed E-state index contributed by atoms with van der Waals surface area (Å²) in [4.78, 5) is 0. The Bertz CT molecular complexity index is 768. The number of nitrogens with zero attached hydrogens (tertiary/aromatic N) is 1. The number of hydrogen-bond acceptors (Lipinski definition) is 1. The van der Waals surface area contributed by atoms with E-state index >= 15 is 0 Å². The van der Waals surface area contributed by atoms with Gasteiger partial charge in [-0.3, -0.25) is 0 Å². The van der Waals surface area contributed by atoms with Crippen LogP contribution in [0.5, 0.6) is 0 Å². The first kappa shape index (κ1) is 12.2. The average Bonchev–Trinajstić information content (AvgIpc) is 2.68. The molecule has 1 aromatic heterocycles. The van der Waals surface area contributed by atoms with Gasteiger partial charge >= 0.3 is 122 Å². The van der Waals surface area contributed by atoms with Crippen LogP contribution in [-0.2, 0) is 0 Å². The molecule has 0 aliphatic heterocycles. The number of hydrogen-bond donors (Lipinski definition) is 0. The fourth-order valence-electron chi connectivity index (χ4n) is 2.00. The Morgan fingerprint density at radius 1 is 1.11 bits per heavy atom. The van der Waals surface area contributed by atoms with Crippen molar-refractivity contribution in [1.29, 1.82) is 0 Å². The standard InChI is InChI=1S/C14H10ClNSSe/c1-9-5-4-7-11(15)13(9)16-14(17)10-6-2-3-8-12(10)18-16/h2-8H,1H3. The molecular formula is C14H10ClNSSe. The summed E-state index contributed by atoms with van der Waals surface area (Å²) in [5, 5.41) is 1.94. The van der Waals surface area contributed by atoms with Crippen molar-refractivity contribution in [2.24, 2.45) is 0 Å². The number of aromatic nitrogens is 1. The van der Waals surface area contributed by atoms with Crippen LogP contribution < -0.4 is 0 Å². The fourth-order valence-corrected chi connectivity index (χ4v) is 5.37. The summed E-state index contributed by atoms with van der Waals surface area (Å²) in [6, 6.07) is 14.3. The first-order valence-electron chi connectivity index (χ1n) is 5.55. The molecule has 3 aromatic rings. The fraction of sp³-hybridized carbons (Fsp3) is 0.0714. The summed E-state index contributed by atoms with van der Waals surface area (Å²) in [5.74, 6) is 0. The Balaban J connectivity index is 2.39. The Morgan fingerprint density at radius 2 is 1.89 bits per heavy atom. The van der Waals surface area contributed by atoms with Crippen molar-refractivity contribution in [2.45, 2.75) is 6.92 Å². The molecule has 0 spiro atoms. The van der Waals surface area contributed by atoms with Crippen LogP contribution in [0.1, 0.15) is 5.56 Å². The van der Waals surface area contributed by atoms with Gasteiger partial charge in [0, 0.05) is 0 Å². The molecule has 3 rings (SSSR count). The minimum absolute atomic E-state index is 0.184. The van der Waals surface area contributed by atoms with E-state index < -0.39 is 0 Å². The van der Waals surface area contributed by atoms with Crippen LogP contribution >= 0.6 is 23.8 Å². The van der Waals surface area contributed by atoms with E-state index in [2.05, 4.69) is 34.8 Å². The summed E-state index contributed by atoms with van der Waals surface area (Å²) >= 11 is 12.1. The van der Waals surface area contributed by atoms with Gasteiger partial charge in [-0.25, -0.2) is 0 Å². The van der Waals surface area contributed by atoms with Gasteiger partial charge in [0.1, 0.15) is 0 Å². The van der Waals surface area contributed by atoms with Crippen molar-refractivity contribution in [3.8, 4) is 5.69 Å². The zero-order valence-electron chi connectivity index (χ0n) is 9.68. The molecule has 4 heteroatoms. The molecule has 1 nitrogen and oxygen atoms in total. The summed E-state index contributed by atoms with van der Waals surface area (Å²) in [6.07, 6.45) is 0. The van der Waals surface area contributed by atoms with Crippen LogP contribution in [0.2, 0.25) is 5.02 Å². The van der Waals surface area contributed by atoms with E-state index in [9.17, 15) is 0 Å². The van der Waals surface area contributed by atoms with E-state index in [0.717, 1.165) is 15.4 Å². The molecule has 0 atom stereocenters. The van der Waals surface area contributed by atoms with E-state index in [1.165, 1.54) is 15.2 Å². The van der Waals surface area contributed by atoms with Crippen molar-refractivity contribution in [2.75, 3.05) is 0 Å². The normalized spacial score (nSPS) is 11.0. The predicted molar refractivity (Wildman–Crippen MR) is 80.8 cm³/mol. The van der Waals surface area contributed by atoms with E-state index in [4.69, 9.17) is 23.8 Å². The Labute approximate surface area is 122 Å². The predicted octanol–water partition coefficient (Wildman–Crippen LogP) is 4.38. The van der Waals surface area contributed by atoms with Crippen LogP contribution in [0.3, 0.4) is 0 Å². The molecule has 0 radical (unpaired) electrons. The van der Waals surface area contributed by atoms with E-state index in [1.807, 2.05) is 18.2 Å². The summed E-state index contributed by atoms with van der Waals surface area (Å²) in [5.41, 5.74) is 2.22. The van der Waals surface area contributed by atoms with Crippen molar-refractivity contribution < 1.29 is 0 Å². The van der Waals surface area contributed by atoms with Gasteiger partial charge < -0.3 is 0 Å². The Kier molecular flexibility index (Phi) is 3.16. The van der Waals surface area contributed by atoms with Crippen LogP contribution in [0.25, 0.3) is 15.3 Å². The molecule has 0 saturated heterocycles. The third-order valence-electron chi connectivity index (χ3n) is 2.88. The third kappa shape index (κ3) is 1.88. The zero-order valence-corrected chi connectivity index (χ0v) is 13.0. The Hall–Kier alpha value is -0.861. The topological polar surface area (TPSA) is 4.93 Å². The molecule has 0 fully saturated rings. The maximum absolute atomic E-state index is 6.33. The minimum atomic E-state index is 0.184. The average molecular weight is 339 g/mol. The summed E-state index contributed by atoms with van der Waals surface area (Å²) < 4.78 is 4.40. The van der Waals surface area contributed by atoms with Gasteiger partial charge in [-0.2, -0.15) is 0 Å². The molecule has 1 heterocycles. The summed E-state index contributed by atoms with van der Waals surface area (Å²) in [6.45, 7) is 2.07. The van der Waals surface area contributed by atoms with Crippen molar-refractivity contribution in [1.82, 2.24) is 3.56 Å². The third-order valence-corrected chi connectivity index (χ3v) is 6.16. The van der Waals surface area contributed by atoms with Gasteiger partial charge in [0.2, 0.25) is 0 Å². The molecule has 90 valence electrons. The first-order chi connectivity index (χ1) is 8.68. The zero-order chi connectivity index (χ0) is 12.7. The van der Waals surface area contributed by atoms with Gasteiger partial charge in [0.05, 0.1) is 0 Å². The molecule has 2 aromatic carbocycles. The van der Waals surface area contributed by atoms with E-state index in [-0.39, 0.29) is 14.7 Å². The quantitative estimate of drug-likeness (QED) is 0.471. The molecule has 0 saturated carbocycles. The van der Waals surface area contributed by atoms with E-state index in [0.29, 0.717) is 0 Å². The maximum atomic E-state index is 6.33. The summed E-state index contributed by atoms with van der Waals surface area (Å²) in [7, 11) is 0. The second-order valence-electron chi connectivity index (χ2n) is 4.09. The number of aryl methyl sites for hydroxylation is 1. The van der Waals surface area contributed by atoms with Crippen LogP contribution in [0.4, 0.5) is 0 Å². The second kappa shape index (κ2) is 4.67. The van der Waals surface area contributed by atoms with Crippen LogP contribution in [-0.4, -0.2) is 18.3 Å². The number of benzene rings is 2. The Morgan fingerprint density at radius 3 is 2.61 bits per heavy atom. The van der Waals surface area contributed by atoms with Gasteiger partial charge in [0.15, 0.2) is 0 Å². The molecule has 0 amide bonds. The van der Waals surface area contributed by atoms with Crippen molar-refractivity contribution in [3.05, 3.63) is 57.7 Å². The SMILES string of the molecule is Cc1cccc(Cl)c1-n1[se]c2ccccc2c1=S. The van der Waals surface area contributed by atoms with Crippen molar-refractivity contribution >= 4 is 48.2 Å². The van der Waals surface area contributed by atoms with Gasteiger partial charge in [0.25, 0.3) is 0 Å². The van der Waals surface area contributed by atoms with Crippen LogP contribution in [0.15, 0.2) is 42.5 Å². The molecule has 0 bridgehead atoms. The number of para-hydroxylation sites is 1.